The number of rotatable bonds is 4. The molecule has 1 heterocycles. The lowest BCUT2D eigenvalue weighted by molar-refractivity contribution is -0.384. The third-order valence-electron chi connectivity index (χ3n) is 4.34. The van der Waals surface area contributed by atoms with Gasteiger partial charge in [-0.05, 0) is 24.3 Å². The Labute approximate surface area is 161 Å². The van der Waals surface area contributed by atoms with Crippen LogP contribution < -0.4 is 4.90 Å². The van der Waals surface area contributed by atoms with Crippen LogP contribution in [0.5, 0.6) is 0 Å². The first-order valence-electron chi connectivity index (χ1n) is 8.03. The van der Waals surface area contributed by atoms with Crippen molar-refractivity contribution in [1.29, 1.82) is 5.26 Å². The number of hydrogen-bond donors (Lipinski definition) is 0. The highest BCUT2D eigenvalue weighted by atomic mass is 35.5. The first-order chi connectivity index (χ1) is 12.8. The molecule has 0 atom stereocenters. The van der Waals surface area contributed by atoms with Gasteiger partial charge in [-0.15, -0.1) is 0 Å². The van der Waals surface area contributed by atoms with Crippen molar-refractivity contribution < 1.29 is 13.3 Å². The lowest BCUT2D eigenvalue weighted by atomic mass is 10.1. The SMILES string of the molecule is N#Cc1ccc([N+](=O)[O-])c(N2CCN(S(=O)(=O)c3ccccc3Cl)CC2)c1. The fraction of sp³-hybridized carbons (Fsp3) is 0.235. The number of piperazine rings is 1. The molecule has 140 valence electrons. The summed E-state index contributed by atoms with van der Waals surface area (Å²) in [7, 11) is -3.75. The lowest BCUT2D eigenvalue weighted by Crippen LogP contribution is -2.48. The van der Waals surface area contributed by atoms with Crippen molar-refractivity contribution >= 4 is 33.0 Å². The Morgan fingerprint density at radius 3 is 2.37 bits per heavy atom. The van der Waals surface area contributed by atoms with Crippen molar-refractivity contribution in [2.24, 2.45) is 0 Å². The van der Waals surface area contributed by atoms with Crippen LogP contribution in [0.3, 0.4) is 0 Å². The summed E-state index contributed by atoms with van der Waals surface area (Å²) in [5.41, 5.74) is 0.506. The van der Waals surface area contributed by atoms with Crippen LogP contribution in [-0.4, -0.2) is 43.8 Å². The topological polar surface area (TPSA) is 108 Å². The van der Waals surface area contributed by atoms with E-state index in [0.29, 0.717) is 11.3 Å². The highest BCUT2D eigenvalue weighted by Crippen LogP contribution is 2.31. The molecule has 1 aliphatic heterocycles. The summed E-state index contributed by atoms with van der Waals surface area (Å²) in [5.74, 6) is 0. The van der Waals surface area contributed by atoms with E-state index in [1.807, 2.05) is 6.07 Å². The summed E-state index contributed by atoms with van der Waals surface area (Å²) in [6.45, 7) is 0.835. The highest BCUT2D eigenvalue weighted by molar-refractivity contribution is 7.89. The number of hydrogen-bond acceptors (Lipinski definition) is 6. The monoisotopic (exact) mass is 406 g/mol. The fourth-order valence-corrected chi connectivity index (χ4v) is 4.88. The Morgan fingerprint density at radius 2 is 1.78 bits per heavy atom. The molecule has 0 saturated carbocycles. The van der Waals surface area contributed by atoms with Crippen LogP contribution in [0.2, 0.25) is 5.02 Å². The Balaban J connectivity index is 1.83. The van der Waals surface area contributed by atoms with Crippen LogP contribution in [0.15, 0.2) is 47.4 Å². The van der Waals surface area contributed by atoms with Gasteiger partial charge in [0.05, 0.1) is 21.6 Å². The second kappa shape index (κ2) is 7.52. The quantitative estimate of drug-likeness (QED) is 0.570. The van der Waals surface area contributed by atoms with Crippen LogP contribution in [0, 0.1) is 21.4 Å². The minimum atomic E-state index is -3.75. The molecule has 2 aromatic carbocycles. The summed E-state index contributed by atoms with van der Waals surface area (Å²) in [6.07, 6.45) is 0. The van der Waals surface area contributed by atoms with Crippen molar-refractivity contribution in [2.75, 3.05) is 31.1 Å². The van der Waals surface area contributed by atoms with Gasteiger partial charge in [-0.25, -0.2) is 8.42 Å². The van der Waals surface area contributed by atoms with Gasteiger partial charge >= 0.3 is 0 Å². The Morgan fingerprint density at radius 1 is 1.11 bits per heavy atom. The van der Waals surface area contributed by atoms with Crippen molar-refractivity contribution in [3.05, 3.63) is 63.2 Å². The number of halogens is 1. The van der Waals surface area contributed by atoms with E-state index >= 15 is 0 Å². The Bertz CT molecular complexity index is 1030. The first-order valence-corrected chi connectivity index (χ1v) is 9.84. The molecular weight excluding hydrogens is 392 g/mol. The summed E-state index contributed by atoms with van der Waals surface area (Å²) >= 11 is 6.02. The van der Waals surface area contributed by atoms with Crippen molar-refractivity contribution in [3.8, 4) is 6.07 Å². The minimum Gasteiger partial charge on any atom is -0.363 e. The molecule has 3 rings (SSSR count). The number of nitrogens with zero attached hydrogens (tertiary/aromatic N) is 4. The predicted molar refractivity (Wildman–Crippen MR) is 100 cm³/mol. The molecule has 1 saturated heterocycles. The molecule has 0 bridgehead atoms. The number of anilines is 1. The number of nitro groups is 1. The third kappa shape index (κ3) is 3.73. The third-order valence-corrected chi connectivity index (χ3v) is 6.73. The van der Waals surface area contributed by atoms with E-state index in [1.54, 1.807) is 17.0 Å². The second-order valence-electron chi connectivity index (χ2n) is 5.89. The largest absolute Gasteiger partial charge is 0.363 e. The normalized spacial score (nSPS) is 15.3. The summed E-state index contributed by atoms with van der Waals surface area (Å²) in [4.78, 5) is 12.5. The molecule has 2 aromatic rings. The summed E-state index contributed by atoms with van der Waals surface area (Å²) < 4.78 is 26.9. The van der Waals surface area contributed by atoms with Gasteiger partial charge in [-0.3, -0.25) is 10.1 Å². The van der Waals surface area contributed by atoms with Crippen LogP contribution in [0.4, 0.5) is 11.4 Å². The van der Waals surface area contributed by atoms with Gasteiger partial charge in [0, 0.05) is 32.2 Å². The van der Waals surface area contributed by atoms with Gasteiger partial charge in [0.1, 0.15) is 10.6 Å². The molecule has 0 N–H and O–H groups in total. The molecule has 1 fully saturated rings. The van der Waals surface area contributed by atoms with E-state index in [9.17, 15) is 18.5 Å². The predicted octanol–water partition coefficient (Wildman–Crippen LogP) is 2.63. The van der Waals surface area contributed by atoms with Gasteiger partial charge < -0.3 is 4.90 Å². The lowest BCUT2D eigenvalue weighted by Gasteiger charge is -2.35. The molecule has 27 heavy (non-hydrogen) atoms. The van der Waals surface area contributed by atoms with E-state index in [4.69, 9.17) is 16.9 Å². The molecule has 0 radical (unpaired) electrons. The smallest absolute Gasteiger partial charge is 0.292 e. The van der Waals surface area contributed by atoms with Crippen molar-refractivity contribution in [3.63, 3.8) is 0 Å². The van der Waals surface area contributed by atoms with Crippen molar-refractivity contribution in [1.82, 2.24) is 4.31 Å². The molecule has 0 unspecified atom stereocenters. The van der Waals surface area contributed by atoms with Crippen molar-refractivity contribution in [2.45, 2.75) is 4.90 Å². The standard InChI is InChI=1S/C17H15ClN4O4S/c18-14-3-1-2-4-17(14)27(25,26)21-9-7-20(8-10-21)16-11-13(12-19)5-6-15(16)22(23)24/h1-6,11H,7-10H2. The molecule has 0 aromatic heterocycles. The van der Waals surface area contributed by atoms with E-state index < -0.39 is 14.9 Å². The zero-order valence-corrected chi connectivity index (χ0v) is 15.7. The molecule has 0 spiro atoms. The van der Waals surface area contributed by atoms with E-state index in [-0.39, 0.29) is 41.8 Å². The number of sulfonamides is 1. The van der Waals surface area contributed by atoms with Gasteiger partial charge in [0.2, 0.25) is 10.0 Å². The molecule has 0 aliphatic carbocycles. The first kappa shape index (κ1) is 19.1. The summed E-state index contributed by atoms with van der Waals surface area (Å²) in [5, 5.41) is 20.5. The highest BCUT2D eigenvalue weighted by Gasteiger charge is 2.31. The Hall–Kier alpha value is -2.67. The molecule has 1 aliphatic rings. The average molecular weight is 407 g/mol. The number of benzene rings is 2. The van der Waals surface area contributed by atoms with E-state index in [0.717, 1.165) is 0 Å². The van der Waals surface area contributed by atoms with Gasteiger partial charge in [0.15, 0.2) is 0 Å². The Kier molecular flexibility index (Phi) is 5.32. The molecule has 10 heteroatoms. The van der Waals surface area contributed by atoms with E-state index in [2.05, 4.69) is 0 Å². The molecular formula is C17H15ClN4O4S. The van der Waals surface area contributed by atoms with Crippen LogP contribution in [0.25, 0.3) is 0 Å². The van der Waals surface area contributed by atoms with Crippen LogP contribution in [0.1, 0.15) is 5.56 Å². The van der Waals surface area contributed by atoms with Crippen LogP contribution in [-0.2, 0) is 10.0 Å². The minimum absolute atomic E-state index is 0.0394. The zero-order chi connectivity index (χ0) is 19.6. The maximum absolute atomic E-state index is 12.8. The summed E-state index contributed by atoms with van der Waals surface area (Å²) in [6, 6.07) is 12.3. The van der Waals surface area contributed by atoms with Gasteiger partial charge in [0.25, 0.3) is 5.69 Å². The molecule has 8 nitrogen and oxygen atoms in total. The fourth-order valence-electron chi connectivity index (χ4n) is 2.96. The van der Waals surface area contributed by atoms with Crippen LogP contribution >= 0.6 is 11.6 Å². The number of nitro benzene ring substituents is 1. The maximum atomic E-state index is 12.8. The maximum Gasteiger partial charge on any atom is 0.292 e. The van der Waals surface area contributed by atoms with Gasteiger partial charge in [-0.1, -0.05) is 23.7 Å². The second-order valence-corrected chi connectivity index (χ2v) is 8.21. The van der Waals surface area contributed by atoms with Gasteiger partial charge in [-0.2, -0.15) is 9.57 Å². The van der Waals surface area contributed by atoms with E-state index in [1.165, 1.54) is 34.6 Å². The number of nitriles is 1. The molecule has 0 amide bonds. The average Bonchev–Trinajstić information content (AvgIpc) is 2.67. The zero-order valence-electron chi connectivity index (χ0n) is 14.1.